The quantitative estimate of drug-likeness (QED) is 0.342. The molecule has 0 unspecified atom stereocenters. The minimum atomic E-state index is 0. The standard InChI is InChI=1S/C20H31N5O.HI/c1-6-21-20(22-13-18-9-7-8-15(2)12-18)23-14-19-16(3)24-25(17(19)4)10-11-26-5;/h7-9,12H,6,10-11,13-14H2,1-5H3,(H2,21,22,23);1H. The molecule has 2 N–H and O–H groups in total. The highest BCUT2D eigenvalue weighted by atomic mass is 127. The number of methoxy groups -OCH3 is 1. The summed E-state index contributed by atoms with van der Waals surface area (Å²) in [5.41, 5.74) is 5.89. The molecule has 0 bridgehead atoms. The number of aryl methyl sites for hydroxylation is 2. The molecule has 2 aromatic rings. The summed E-state index contributed by atoms with van der Waals surface area (Å²) in [6, 6.07) is 8.44. The molecule has 1 heterocycles. The predicted molar refractivity (Wildman–Crippen MR) is 122 cm³/mol. The van der Waals surface area contributed by atoms with Gasteiger partial charge in [0.25, 0.3) is 0 Å². The zero-order valence-electron chi connectivity index (χ0n) is 17.0. The molecule has 0 atom stereocenters. The lowest BCUT2D eigenvalue weighted by atomic mass is 10.1. The van der Waals surface area contributed by atoms with E-state index in [-0.39, 0.29) is 24.0 Å². The largest absolute Gasteiger partial charge is 0.383 e. The van der Waals surface area contributed by atoms with Crippen LogP contribution in [0.2, 0.25) is 0 Å². The molecular formula is C20H32IN5O. The normalized spacial score (nSPS) is 11.2. The zero-order valence-corrected chi connectivity index (χ0v) is 19.3. The van der Waals surface area contributed by atoms with Gasteiger partial charge in [-0.05, 0) is 33.3 Å². The molecule has 1 aromatic carbocycles. The summed E-state index contributed by atoms with van der Waals surface area (Å²) in [7, 11) is 1.71. The number of nitrogens with one attached hydrogen (secondary N) is 2. The van der Waals surface area contributed by atoms with Gasteiger partial charge in [-0.3, -0.25) is 4.68 Å². The molecule has 6 nitrogen and oxygen atoms in total. The summed E-state index contributed by atoms with van der Waals surface area (Å²) in [5, 5.41) is 11.3. The van der Waals surface area contributed by atoms with Gasteiger partial charge in [0.15, 0.2) is 5.96 Å². The van der Waals surface area contributed by atoms with Gasteiger partial charge in [-0.1, -0.05) is 29.8 Å². The van der Waals surface area contributed by atoms with E-state index in [0.717, 1.165) is 24.7 Å². The van der Waals surface area contributed by atoms with Crippen molar-refractivity contribution in [2.45, 2.75) is 47.3 Å². The first kappa shape index (κ1) is 23.4. The maximum absolute atomic E-state index is 5.16. The van der Waals surface area contributed by atoms with Crippen LogP contribution in [0.4, 0.5) is 0 Å². The third kappa shape index (κ3) is 7.14. The van der Waals surface area contributed by atoms with Crippen LogP contribution in [-0.4, -0.2) is 36.0 Å². The Labute approximate surface area is 179 Å². The molecular weight excluding hydrogens is 453 g/mol. The van der Waals surface area contributed by atoms with Gasteiger partial charge in [0.1, 0.15) is 0 Å². The van der Waals surface area contributed by atoms with E-state index >= 15 is 0 Å². The van der Waals surface area contributed by atoms with Crippen molar-refractivity contribution in [3.63, 3.8) is 0 Å². The van der Waals surface area contributed by atoms with Crippen LogP contribution in [0.5, 0.6) is 0 Å². The van der Waals surface area contributed by atoms with Gasteiger partial charge in [-0.2, -0.15) is 5.10 Å². The smallest absolute Gasteiger partial charge is 0.191 e. The first-order valence-corrected chi connectivity index (χ1v) is 9.14. The lowest BCUT2D eigenvalue weighted by Crippen LogP contribution is -2.37. The fraction of sp³-hybridized carbons (Fsp3) is 0.500. The van der Waals surface area contributed by atoms with Crippen LogP contribution in [0.1, 0.15) is 35.0 Å². The molecule has 2 rings (SSSR count). The van der Waals surface area contributed by atoms with Gasteiger partial charge in [-0.25, -0.2) is 4.99 Å². The number of ether oxygens (including phenoxy) is 1. The van der Waals surface area contributed by atoms with Gasteiger partial charge in [-0.15, -0.1) is 24.0 Å². The molecule has 27 heavy (non-hydrogen) atoms. The van der Waals surface area contributed by atoms with Crippen molar-refractivity contribution in [3.05, 3.63) is 52.3 Å². The van der Waals surface area contributed by atoms with E-state index in [4.69, 9.17) is 9.73 Å². The van der Waals surface area contributed by atoms with Crippen LogP contribution in [0, 0.1) is 20.8 Å². The Balaban J connectivity index is 0.00000364. The summed E-state index contributed by atoms with van der Waals surface area (Å²) in [6.07, 6.45) is 0. The van der Waals surface area contributed by atoms with Crippen molar-refractivity contribution in [2.75, 3.05) is 20.3 Å². The number of hydrogen-bond donors (Lipinski definition) is 2. The number of halogens is 1. The number of hydrogen-bond acceptors (Lipinski definition) is 3. The number of rotatable bonds is 8. The summed E-state index contributed by atoms with van der Waals surface area (Å²) < 4.78 is 7.16. The van der Waals surface area contributed by atoms with E-state index < -0.39 is 0 Å². The number of nitrogens with zero attached hydrogens (tertiary/aromatic N) is 3. The van der Waals surface area contributed by atoms with Gasteiger partial charge in [0.2, 0.25) is 0 Å². The Kier molecular flexibility index (Phi) is 10.4. The molecule has 1 aromatic heterocycles. The Morgan fingerprint density at radius 2 is 2.00 bits per heavy atom. The molecule has 0 amide bonds. The Morgan fingerprint density at radius 1 is 1.22 bits per heavy atom. The predicted octanol–water partition coefficient (Wildman–Crippen LogP) is 3.33. The monoisotopic (exact) mass is 485 g/mol. The minimum Gasteiger partial charge on any atom is -0.383 e. The molecule has 0 aliphatic heterocycles. The van der Waals surface area contributed by atoms with Crippen LogP contribution >= 0.6 is 24.0 Å². The van der Waals surface area contributed by atoms with Gasteiger partial charge in [0, 0.05) is 31.5 Å². The van der Waals surface area contributed by atoms with Gasteiger partial charge in [0.05, 0.1) is 25.4 Å². The number of guanidine groups is 1. The fourth-order valence-corrected chi connectivity index (χ4v) is 2.88. The molecule has 0 fully saturated rings. The highest BCUT2D eigenvalue weighted by Gasteiger charge is 2.11. The lowest BCUT2D eigenvalue weighted by Gasteiger charge is -2.12. The van der Waals surface area contributed by atoms with Crippen molar-refractivity contribution in [3.8, 4) is 0 Å². The molecule has 0 aliphatic carbocycles. The highest BCUT2D eigenvalue weighted by molar-refractivity contribution is 14.0. The molecule has 0 radical (unpaired) electrons. The van der Waals surface area contributed by atoms with E-state index in [9.17, 15) is 0 Å². The Morgan fingerprint density at radius 3 is 2.67 bits per heavy atom. The maximum Gasteiger partial charge on any atom is 0.191 e. The number of aromatic nitrogens is 2. The summed E-state index contributed by atoms with van der Waals surface area (Å²) in [5.74, 6) is 0.817. The molecule has 7 heteroatoms. The summed E-state index contributed by atoms with van der Waals surface area (Å²) in [4.78, 5) is 4.70. The molecule has 0 spiro atoms. The van der Waals surface area contributed by atoms with Crippen molar-refractivity contribution in [1.82, 2.24) is 20.4 Å². The van der Waals surface area contributed by atoms with Gasteiger partial charge < -0.3 is 15.4 Å². The fourth-order valence-electron chi connectivity index (χ4n) is 2.88. The van der Waals surface area contributed by atoms with E-state index in [0.29, 0.717) is 19.7 Å². The first-order chi connectivity index (χ1) is 12.5. The van der Waals surface area contributed by atoms with Crippen molar-refractivity contribution < 1.29 is 4.74 Å². The molecule has 0 saturated heterocycles. The third-order valence-electron chi connectivity index (χ3n) is 4.32. The topological polar surface area (TPSA) is 63.5 Å². The van der Waals surface area contributed by atoms with Crippen LogP contribution < -0.4 is 10.6 Å². The Bertz CT molecular complexity index is 742. The summed E-state index contributed by atoms with van der Waals surface area (Å²) >= 11 is 0. The number of aliphatic imine (C=N–C) groups is 1. The van der Waals surface area contributed by atoms with Crippen LogP contribution in [0.3, 0.4) is 0 Å². The van der Waals surface area contributed by atoms with Crippen molar-refractivity contribution in [1.29, 1.82) is 0 Å². The second kappa shape index (κ2) is 12.0. The Hall–Kier alpha value is -1.61. The second-order valence-electron chi connectivity index (χ2n) is 6.40. The van der Waals surface area contributed by atoms with Crippen LogP contribution in [-0.2, 0) is 24.4 Å². The van der Waals surface area contributed by atoms with E-state index in [2.05, 4.69) is 60.8 Å². The minimum absolute atomic E-state index is 0. The highest BCUT2D eigenvalue weighted by Crippen LogP contribution is 2.12. The van der Waals surface area contributed by atoms with E-state index in [1.807, 2.05) is 11.6 Å². The molecule has 0 aliphatic rings. The number of benzene rings is 1. The van der Waals surface area contributed by atoms with Crippen molar-refractivity contribution in [2.24, 2.45) is 4.99 Å². The van der Waals surface area contributed by atoms with E-state index in [1.165, 1.54) is 22.4 Å². The maximum atomic E-state index is 5.16. The molecule has 150 valence electrons. The van der Waals surface area contributed by atoms with Crippen molar-refractivity contribution >= 4 is 29.9 Å². The second-order valence-corrected chi connectivity index (χ2v) is 6.40. The van der Waals surface area contributed by atoms with Crippen LogP contribution in [0.15, 0.2) is 29.3 Å². The summed E-state index contributed by atoms with van der Waals surface area (Å²) in [6.45, 7) is 11.9. The average Bonchev–Trinajstić information content (AvgIpc) is 2.89. The molecule has 0 saturated carbocycles. The average molecular weight is 485 g/mol. The third-order valence-corrected chi connectivity index (χ3v) is 4.32. The lowest BCUT2D eigenvalue weighted by molar-refractivity contribution is 0.182. The van der Waals surface area contributed by atoms with Crippen LogP contribution in [0.25, 0.3) is 0 Å². The SMILES string of the molecule is CCNC(=NCc1cccc(C)c1)NCc1c(C)nn(CCOC)c1C.I. The van der Waals surface area contributed by atoms with Gasteiger partial charge >= 0.3 is 0 Å². The van der Waals surface area contributed by atoms with E-state index in [1.54, 1.807) is 7.11 Å². The zero-order chi connectivity index (χ0) is 18.9. The first-order valence-electron chi connectivity index (χ1n) is 9.14.